The van der Waals surface area contributed by atoms with Crippen molar-refractivity contribution in [3.05, 3.63) is 36.4 Å². The van der Waals surface area contributed by atoms with Gasteiger partial charge in [0.15, 0.2) is 5.60 Å². The van der Waals surface area contributed by atoms with Crippen LogP contribution >= 0.6 is 0 Å². The van der Waals surface area contributed by atoms with E-state index in [1.54, 1.807) is 29.2 Å². The zero-order valence-electron chi connectivity index (χ0n) is 18.1. The molecule has 2 fully saturated rings. The van der Waals surface area contributed by atoms with E-state index in [9.17, 15) is 14.7 Å². The van der Waals surface area contributed by atoms with E-state index in [1.807, 2.05) is 6.92 Å². The number of halogens is 1. The van der Waals surface area contributed by atoms with Crippen molar-refractivity contribution in [1.82, 2.24) is 0 Å². The molecule has 1 aromatic carbocycles. The fraction of sp³-hybridized carbons (Fsp3) is 0.565. The molecule has 0 bridgehead atoms. The van der Waals surface area contributed by atoms with E-state index in [0.717, 1.165) is 0 Å². The number of hydrogen-bond acceptors (Lipinski definition) is 5. The number of aliphatic hydroxyl groups is 1. The van der Waals surface area contributed by atoms with Gasteiger partial charge in [-0.3, -0.25) is 9.69 Å². The highest BCUT2D eigenvalue weighted by Crippen LogP contribution is 2.58. The standard InChI is InChI=1S/C23H29FN2O5/c1-5-9-26-17-7-6-15(25-10-12-30-21(25)29)13-16(17)23(20(26)28)14(2)19(22(3,4)24)18(31-23)8-11-27/h5-7,13-14,18-19,27H,1,8-12H2,2-4H3/t14-,18+,19-,23+/m0/s1. The van der Waals surface area contributed by atoms with Crippen LogP contribution in [-0.4, -0.2) is 55.2 Å². The Balaban J connectivity index is 1.87. The van der Waals surface area contributed by atoms with Crippen LogP contribution < -0.4 is 9.80 Å². The monoisotopic (exact) mass is 432 g/mol. The smallest absolute Gasteiger partial charge is 0.414 e. The lowest BCUT2D eigenvalue weighted by atomic mass is 9.71. The minimum Gasteiger partial charge on any atom is -0.447 e. The molecule has 3 aliphatic heterocycles. The highest BCUT2D eigenvalue weighted by molar-refractivity contribution is 6.08. The van der Waals surface area contributed by atoms with E-state index in [1.165, 1.54) is 18.7 Å². The van der Waals surface area contributed by atoms with E-state index >= 15 is 4.39 Å². The summed E-state index contributed by atoms with van der Waals surface area (Å²) in [5.74, 6) is -1.36. The quantitative estimate of drug-likeness (QED) is 0.699. The molecule has 7 nitrogen and oxygen atoms in total. The second-order valence-corrected chi connectivity index (χ2v) is 8.96. The van der Waals surface area contributed by atoms with Crippen LogP contribution in [0, 0.1) is 11.8 Å². The Morgan fingerprint density at radius 3 is 2.71 bits per heavy atom. The average Bonchev–Trinajstić information content (AvgIpc) is 3.32. The van der Waals surface area contributed by atoms with Crippen LogP contribution in [0.4, 0.5) is 20.6 Å². The summed E-state index contributed by atoms with van der Waals surface area (Å²) in [5, 5.41) is 9.57. The largest absolute Gasteiger partial charge is 0.447 e. The lowest BCUT2D eigenvalue weighted by molar-refractivity contribution is -0.146. The summed E-state index contributed by atoms with van der Waals surface area (Å²) in [4.78, 5) is 29.0. The van der Waals surface area contributed by atoms with Gasteiger partial charge in [0.2, 0.25) is 0 Å². The number of carbonyl (C=O) groups excluding carboxylic acids is 2. The van der Waals surface area contributed by atoms with E-state index in [2.05, 4.69) is 6.58 Å². The van der Waals surface area contributed by atoms with Crippen molar-refractivity contribution < 1.29 is 28.6 Å². The summed E-state index contributed by atoms with van der Waals surface area (Å²) in [5.41, 5.74) is -1.14. The molecule has 1 N–H and O–H groups in total. The molecule has 3 heterocycles. The third-order valence-electron chi connectivity index (χ3n) is 6.74. The van der Waals surface area contributed by atoms with Crippen molar-refractivity contribution >= 4 is 23.4 Å². The lowest BCUT2D eigenvalue weighted by Gasteiger charge is -2.32. The lowest BCUT2D eigenvalue weighted by Crippen LogP contribution is -2.45. The number of rotatable bonds is 6. The molecule has 0 saturated carbocycles. The van der Waals surface area contributed by atoms with Crippen molar-refractivity contribution in [1.29, 1.82) is 0 Å². The fourth-order valence-corrected chi connectivity index (χ4v) is 5.54. The second-order valence-electron chi connectivity index (χ2n) is 8.96. The van der Waals surface area contributed by atoms with Gasteiger partial charge < -0.3 is 19.5 Å². The van der Waals surface area contributed by atoms with Crippen LogP contribution in [-0.2, 0) is 19.9 Å². The van der Waals surface area contributed by atoms with Crippen molar-refractivity contribution in [3.63, 3.8) is 0 Å². The first kappa shape index (κ1) is 21.8. The Hall–Kier alpha value is -2.45. The molecule has 0 aliphatic carbocycles. The topological polar surface area (TPSA) is 79.3 Å². The summed E-state index contributed by atoms with van der Waals surface area (Å²) in [6.07, 6.45) is 0.795. The van der Waals surface area contributed by atoms with Gasteiger partial charge in [0.05, 0.1) is 18.3 Å². The second kappa shape index (κ2) is 7.60. The molecule has 0 aromatic heterocycles. The Morgan fingerprint density at radius 1 is 1.39 bits per heavy atom. The average molecular weight is 432 g/mol. The molecule has 31 heavy (non-hydrogen) atoms. The van der Waals surface area contributed by atoms with Gasteiger partial charge in [-0.05, 0) is 38.5 Å². The van der Waals surface area contributed by atoms with Crippen molar-refractivity contribution in [2.75, 3.05) is 36.1 Å². The molecule has 4 atom stereocenters. The Labute approximate surface area is 181 Å². The number of anilines is 2. The number of benzene rings is 1. The van der Waals surface area contributed by atoms with Gasteiger partial charge in [-0.2, -0.15) is 0 Å². The maximum atomic E-state index is 15.3. The van der Waals surface area contributed by atoms with E-state index in [0.29, 0.717) is 30.1 Å². The summed E-state index contributed by atoms with van der Waals surface area (Å²) in [6.45, 7) is 9.39. The first-order valence-corrected chi connectivity index (χ1v) is 10.7. The van der Waals surface area contributed by atoms with Crippen LogP contribution in [0.5, 0.6) is 0 Å². The zero-order chi connectivity index (χ0) is 22.6. The molecule has 168 valence electrons. The van der Waals surface area contributed by atoms with Gasteiger partial charge in [-0.1, -0.05) is 13.0 Å². The van der Waals surface area contributed by atoms with Crippen LogP contribution in [0.3, 0.4) is 0 Å². The SMILES string of the molecule is C=CCN1C(=O)[C@]2(O[C@H](CCO)[C@@H](C(C)(C)F)[C@@H]2C)c2cc(N3CCOC3=O)ccc21. The molecule has 8 heteroatoms. The highest BCUT2D eigenvalue weighted by atomic mass is 19.1. The summed E-state index contributed by atoms with van der Waals surface area (Å²) in [6, 6.07) is 5.34. The zero-order valence-corrected chi connectivity index (χ0v) is 18.1. The number of ether oxygens (including phenoxy) is 2. The molecule has 3 aliphatic rings. The first-order valence-electron chi connectivity index (χ1n) is 10.7. The number of amides is 2. The van der Waals surface area contributed by atoms with Crippen LogP contribution in [0.2, 0.25) is 0 Å². The molecule has 2 amide bonds. The van der Waals surface area contributed by atoms with Gasteiger partial charge in [0.25, 0.3) is 5.91 Å². The number of aliphatic hydroxyl groups excluding tert-OH is 1. The molecule has 0 unspecified atom stereocenters. The molecular weight excluding hydrogens is 403 g/mol. The summed E-state index contributed by atoms with van der Waals surface area (Å²) >= 11 is 0. The predicted molar refractivity (Wildman–Crippen MR) is 114 cm³/mol. The maximum absolute atomic E-state index is 15.3. The minimum atomic E-state index is -1.62. The van der Waals surface area contributed by atoms with Gasteiger partial charge in [0.1, 0.15) is 12.3 Å². The number of alkyl halides is 1. The van der Waals surface area contributed by atoms with E-state index < -0.39 is 35.3 Å². The first-order chi connectivity index (χ1) is 14.7. The number of cyclic esters (lactones) is 1. The summed E-state index contributed by atoms with van der Waals surface area (Å²) in [7, 11) is 0. The van der Waals surface area contributed by atoms with E-state index in [4.69, 9.17) is 9.47 Å². The van der Waals surface area contributed by atoms with Crippen LogP contribution in [0.1, 0.15) is 32.8 Å². The fourth-order valence-electron chi connectivity index (χ4n) is 5.54. The Morgan fingerprint density at radius 2 is 2.13 bits per heavy atom. The maximum Gasteiger partial charge on any atom is 0.414 e. The number of fused-ring (bicyclic) bond motifs is 2. The van der Waals surface area contributed by atoms with Gasteiger partial charge in [-0.15, -0.1) is 6.58 Å². The molecule has 0 radical (unpaired) electrons. The van der Waals surface area contributed by atoms with Crippen LogP contribution in [0.15, 0.2) is 30.9 Å². The third kappa shape index (κ3) is 3.15. The van der Waals surface area contributed by atoms with Crippen molar-refractivity contribution in [2.45, 2.75) is 44.6 Å². The Bertz CT molecular complexity index is 914. The normalized spacial score (nSPS) is 30.3. The summed E-state index contributed by atoms with van der Waals surface area (Å²) < 4.78 is 26.8. The van der Waals surface area contributed by atoms with Crippen molar-refractivity contribution in [3.8, 4) is 0 Å². The minimum absolute atomic E-state index is 0.170. The molecule has 2 saturated heterocycles. The van der Waals surface area contributed by atoms with Gasteiger partial charge in [-0.25, -0.2) is 9.18 Å². The Kier molecular flexibility index (Phi) is 5.34. The van der Waals surface area contributed by atoms with Gasteiger partial charge in [0, 0.05) is 36.2 Å². The molecule has 4 rings (SSSR count). The van der Waals surface area contributed by atoms with Crippen molar-refractivity contribution in [2.24, 2.45) is 11.8 Å². The third-order valence-corrected chi connectivity index (χ3v) is 6.74. The van der Waals surface area contributed by atoms with Crippen LogP contribution in [0.25, 0.3) is 0 Å². The number of nitrogens with zero attached hydrogens (tertiary/aromatic N) is 2. The molecule has 1 spiro atoms. The molecular formula is C23H29FN2O5. The highest BCUT2D eigenvalue weighted by Gasteiger charge is 2.66. The number of hydrogen-bond donors (Lipinski definition) is 1. The number of carbonyl (C=O) groups is 2. The van der Waals surface area contributed by atoms with E-state index in [-0.39, 0.29) is 25.5 Å². The molecule has 1 aromatic rings. The predicted octanol–water partition coefficient (Wildman–Crippen LogP) is 3.15. The van der Waals surface area contributed by atoms with Gasteiger partial charge >= 0.3 is 6.09 Å².